The van der Waals surface area contributed by atoms with E-state index in [2.05, 4.69) is 4.98 Å². The summed E-state index contributed by atoms with van der Waals surface area (Å²) in [7, 11) is 0. The molecule has 0 aliphatic carbocycles. The van der Waals surface area contributed by atoms with Crippen LogP contribution in [0.4, 0.5) is 0 Å². The molecule has 0 spiro atoms. The normalized spacial score (nSPS) is 19.7. The Labute approximate surface area is 171 Å². The minimum absolute atomic E-state index is 0.0141. The van der Waals surface area contributed by atoms with Crippen LogP contribution in [0.1, 0.15) is 43.9 Å². The number of carbonyl (C=O) groups excluding carboxylic acids is 1. The summed E-state index contributed by atoms with van der Waals surface area (Å²) in [5, 5.41) is 0. The number of benzene rings is 1. The van der Waals surface area contributed by atoms with Gasteiger partial charge in [0.1, 0.15) is 12.4 Å². The van der Waals surface area contributed by atoms with Crippen LogP contribution >= 0.6 is 0 Å². The zero-order chi connectivity index (χ0) is 20.4. The van der Waals surface area contributed by atoms with Gasteiger partial charge in [-0.15, -0.1) is 0 Å². The molecular formula is C23H29N3O3. The molecule has 2 aliphatic heterocycles. The van der Waals surface area contributed by atoms with E-state index in [0.717, 1.165) is 49.4 Å². The van der Waals surface area contributed by atoms with Gasteiger partial charge in [0.05, 0.1) is 17.9 Å². The van der Waals surface area contributed by atoms with E-state index in [4.69, 9.17) is 4.74 Å². The second kappa shape index (κ2) is 8.39. The highest BCUT2D eigenvalue weighted by atomic mass is 16.5. The van der Waals surface area contributed by atoms with Crippen molar-refractivity contribution in [3.05, 3.63) is 58.3 Å². The fourth-order valence-corrected chi connectivity index (χ4v) is 4.25. The van der Waals surface area contributed by atoms with Gasteiger partial charge in [-0.25, -0.2) is 4.98 Å². The molecule has 1 aromatic heterocycles. The summed E-state index contributed by atoms with van der Waals surface area (Å²) in [5.74, 6) is 1.64. The number of nitrogens with zero attached hydrogens (tertiary/aromatic N) is 3. The van der Waals surface area contributed by atoms with Crippen LogP contribution in [-0.2, 0) is 17.8 Å². The monoisotopic (exact) mass is 395 g/mol. The Morgan fingerprint density at radius 2 is 2.00 bits per heavy atom. The molecule has 2 aromatic rings. The molecule has 3 heterocycles. The molecule has 0 bridgehead atoms. The highest BCUT2D eigenvalue weighted by Gasteiger charge is 2.31. The van der Waals surface area contributed by atoms with E-state index in [1.165, 1.54) is 0 Å². The lowest BCUT2D eigenvalue weighted by molar-refractivity contribution is -0.138. The molecule has 154 valence electrons. The van der Waals surface area contributed by atoms with Gasteiger partial charge >= 0.3 is 0 Å². The quantitative estimate of drug-likeness (QED) is 0.799. The molecule has 1 unspecified atom stereocenters. The van der Waals surface area contributed by atoms with Crippen LogP contribution in [-0.4, -0.2) is 40.1 Å². The van der Waals surface area contributed by atoms with Crippen LogP contribution in [0, 0.1) is 11.8 Å². The Kier molecular flexibility index (Phi) is 5.69. The van der Waals surface area contributed by atoms with Crippen molar-refractivity contribution in [1.29, 1.82) is 0 Å². The zero-order valence-corrected chi connectivity index (χ0v) is 17.2. The first-order valence-corrected chi connectivity index (χ1v) is 10.6. The van der Waals surface area contributed by atoms with Crippen molar-refractivity contribution >= 4 is 5.91 Å². The molecule has 0 saturated carbocycles. The number of para-hydroxylation sites is 1. The molecule has 1 saturated heterocycles. The maximum Gasteiger partial charge on any atom is 0.253 e. The Hall–Kier alpha value is -2.63. The fourth-order valence-electron chi connectivity index (χ4n) is 4.25. The topological polar surface area (TPSA) is 64.4 Å². The van der Waals surface area contributed by atoms with Crippen LogP contribution in [0.15, 0.2) is 41.5 Å². The van der Waals surface area contributed by atoms with Crippen molar-refractivity contribution in [3.8, 4) is 5.75 Å². The third-order valence-electron chi connectivity index (χ3n) is 6.10. The lowest BCUT2D eigenvalue weighted by atomic mass is 9.92. The highest BCUT2D eigenvalue weighted by Crippen LogP contribution is 2.29. The lowest BCUT2D eigenvalue weighted by Gasteiger charge is -2.35. The van der Waals surface area contributed by atoms with Gasteiger partial charge in [0.15, 0.2) is 0 Å². The summed E-state index contributed by atoms with van der Waals surface area (Å²) in [6.45, 7) is 6.69. The number of piperidine rings is 1. The molecule has 1 atom stereocenters. The Morgan fingerprint density at radius 3 is 2.72 bits per heavy atom. The van der Waals surface area contributed by atoms with Crippen LogP contribution in [0.3, 0.4) is 0 Å². The molecule has 2 aliphatic rings. The van der Waals surface area contributed by atoms with Crippen LogP contribution in [0.25, 0.3) is 0 Å². The Balaban J connectivity index is 1.32. The highest BCUT2D eigenvalue weighted by molar-refractivity contribution is 5.80. The van der Waals surface area contributed by atoms with Gasteiger partial charge in [0.25, 0.3) is 5.56 Å². The second-order valence-electron chi connectivity index (χ2n) is 8.55. The lowest BCUT2D eigenvalue weighted by Crippen LogP contribution is -2.45. The number of carbonyl (C=O) groups is 1. The number of ether oxygens (including phenoxy) is 1. The number of aromatic nitrogens is 2. The van der Waals surface area contributed by atoms with Gasteiger partial charge in [-0.3, -0.25) is 14.2 Å². The Bertz CT molecular complexity index is 929. The van der Waals surface area contributed by atoms with Crippen molar-refractivity contribution in [2.75, 3.05) is 19.7 Å². The van der Waals surface area contributed by atoms with Crippen molar-refractivity contribution in [1.82, 2.24) is 14.5 Å². The van der Waals surface area contributed by atoms with Gasteiger partial charge in [-0.05, 0) is 42.7 Å². The van der Waals surface area contributed by atoms with Crippen LogP contribution in [0.5, 0.6) is 5.75 Å². The maximum atomic E-state index is 13.0. The maximum absolute atomic E-state index is 13.0. The van der Waals surface area contributed by atoms with Crippen molar-refractivity contribution < 1.29 is 9.53 Å². The minimum Gasteiger partial charge on any atom is -0.492 e. The number of fused-ring (bicyclic) bond motifs is 1. The van der Waals surface area contributed by atoms with Crippen molar-refractivity contribution in [2.45, 2.75) is 45.6 Å². The van der Waals surface area contributed by atoms with E-state index in [0.29, 0.717) is 19.1 Å². The van der Waals surface area contributed by atoms with E-state index in [-0.39, 0.29) is 23.3 Å². The summed E-state index contributed by atoms with van der Waals surface area (Å²) in [5.41, 5.74) is 1.96. The van der Waals surface area contributed by atoms with Gasteiger partial charge in [0, 0.05) is 25.7 Å². The molecule has 4 rings (SSSR count). The first-order valence-electron chi connectivity index (χ1n) is 10.6. The van der Waals surface area contributed by atoms with Gasteiger partial charge in [-0.2, -0.15) is 0 Å². The van der Waals surface area contributed by atoms with E-state index < -0.39 is 0 Å². The largest absolute Gasteiger partial charge is 0.492 e. The number of rotatable bonds is 4. The van der Waals surface area contributed by atoms with Crippen LogP contribution in [0.2, 0.25) is 0 Å². The second-order valence-corrected chi connectivity index (χ2v) is 8.55. The SMILES string of the molecule is CC(C)c1cc(=O)n(CC2CCN(C(=O)C3COc4ccccc4C3)CC2)cn1. The fraction of sp³-hybridized carbons (Fsp3) is 0.522. The van der Waals surface area contributed by atoms with Crippen LogP contribution < -0.4 is 10.3 Å². The summed E-state index contributed by atoms with van der Waals surface area (Å²) in [6, 6.07) is 9.60. The summed E-state index contributed by atoms with van der Waals surface area (Å²) in [4.78, 5) is 31.7. The first-order chi connectivity index (χ1) is 14.0. The predicted molar refractivity (Wildman–Crippen MR) is 111 cm³/mol. The number of likely N-dealkylation sites (tertiary alicyclic amines) is 1. The third kappa shape index (κ3) is 4.36. The minimum atomic E-state index is -0.100. The van der Waals surface area contributed by atoms with Gasteiger partial charge in [0.2, 0.25) is 5.91 Å². The average molecular weight is 396 g/mol. The average Bonchev–Trinajstić information content (AvgIpc) is 2.74. The molecule has 0 N–H and O–H groups in total. The third-order valence-corrected chi connectivity index (χ3v) is 6.10. The molecule has 1 amide bonds. The van der Waals surface area contributed by atoms with E-state index >= 15 is 0 Å². The standard InChI is InChI=1S/C23H29N3O3/c1-16(2)20-12-22(27)26(15-24-20)13-17-7-9-25(10-8-17)23(28)19-11-18-5-3-4-6-21(18)29-14-19/h3-6,12,15-17,19H,7-11,13-14H2,1-2H3. The summed E-state index contributed by atoms with van der Waals surface area (Å²) in [6.07, 6.45) is 4.24. The summed E-state index contributed by atoms with van der Waals surface area (Å²) < 4.78 is 7.50. The zero-order valence-electron chi connectivity index (χ0n) is 17.2. The van der Waals surface area contributed by atoms with E-state index in [9.17, 15) is 9.59 Å². The van der Waals surface area contributed by atoms with Gasteiger partial charge in [-0.1, -0.05) is 32.0 Å². The number of amides is 1. The molecular weight excluding hydrogens is 366 g/mol. The molecule has 1 fully saturated rings. The molecule has 29 heavy (non-hydrogen) atoms. The Morgan fingerprint density at radius 1 is 1.24 bits per heavy atom. The number of hydrogen-bond donors (Lipinski definition) is 0. The van der Waals surface area contributed by atoms with Crippen molar-refractivity contribution in [2.24, 2.45) is 11.8 Å². The first kappa shape index (κ1) is 19.7. The van der Waals surface area contributed by atoms with E-state index in [1.807, 2.05) is 43.0 Å². The molecule has 6 heteroatoms. The smallest absolute Gasteiger partial charge is 0.253 e. The molecule has 6 nitrogen and oxygen atoms in total. The predicted octanol–water partition coefficient (Wildman–Crippen LogP) is 2.86. The summed E-state index contributed by atoms with van der Waals surface area (Å²) >= 11 is 0. The van der Waals surface area contributed by atoms with E-state index in [1.54, 1.807) is 17.0 Å². The number of hydrogen-bond acceptors (Lipinski definition) is 4. The van der Waals surface area contributed by atoms with Gasteiger partial charge < -0.3 is 9.64 Å². The molecule has 0 radical (unpaired) electrons. The van der Waals surface area contributed by atoms with Crippen molar-refractivity contribution in [3.63, 3.8) is 0 Å². The molecule has 1 aromatic carbocycles.